The molecule has 1 aliphatic rings. The van der Waals surface area contributed by atoms with Gasteiger partial charge < -0.3 is 5.32 Å². The van der Waals surface area contributed by atoms with Crippen LogP contribution in [-0.4, -0.2) is 11.9 Å². The van der Waals surface area contributed by atoms with Gasteiger partial charge in [0.05, 0.1) is 0 Å². The Hall–Kier alpha value is -0.530. The Morgan fingerprint density at radius 2 is 2.00 bits per heavy atom. The highest BCUT2D eigenvalue weighted by Gasteiger charge is 2.17. The molecule has 1 aliphatic carbocycles. The van der Waals surface area contributed by atoms with Crippen molar-refractivity contribution >= 4 is 5.91 Å². The van der Waals surface area contributed by atoms with Crippen molar-refractivity contribution in [2.24, 2.45) is 5.92 Å². The molecule has 1 N–H and O–H groups in total. The van der Waals surface area contributed by atoms with Crippen LogP contribution in [0.5, 0.6) is 0 Å². The first-order chi connectivity index (χ1) is 5.20. The Morgan fingerprint density at radius 3 is 2.45 bits per heavy atom. The fourth-order valence-corrected chi connectivity index (χ4v) is 1.44. The van der Waals surface area contributed by atoms with E-state index in [1.807, 2.05) is 13.8 Å². The monoisotopic (exact) mass is 157 g/mol. The van der Waals surface area contributed by atoms with Crippen molar-refractivity contribution in [2.45, 2.75) is 45.6 Å². The number of amides is 1. The number of hydrogen-bond acceptors (Lipinski definition) is 1. The van der Waals surface area contributed by atoms with Crippen LogP contribution in [0.3, 0.4) is 0 Å². The van der Waals surface area contributed by atoms with Crippen LogP contribution >= 0.6 is 0 Å². The summed E-state index contributed by atoms with van der Waals surface area (Å²) in [6, 6.07) is 0.477. The molecule has 0 aromatic heterocycles. The quantitative estimate of drug-likeness (QED) is 0.652. The maximum absolute atomic E-state index is 11.2. The lowest BCUT2D eigenvalue weighted by atomic mass is 10.2. The molecule has 1 fully saturated rings. The molecule has 0 aromatic rings. The molecule has 1 amide bonds. The smallest absolute Gasteiger partial charge is 0.222 e. The maximum Gasteiger partial charge on any atom is 0.222 e. The lowest BCUT2D eigenvalue weighted by molar-refractivity contribution is -0.124. The molecule has 0 heterocycles. The molecule has 0 aromatic carbocycles. The van der Waals surface area contributed by atoms with E-state index in [-0.39, 0.29) is 13.3 Å². The molecular formula is C9H19NO. The minimum Gasteiger partial charge on any atom is -0.353 e. The summed E-state index contributed by atoms with van der Waals surface area (Å²) in [6.45, 7) is 3.87. The Kier molecular flexibility index (Phi) is 2.92. The van der Waals surface area contributed by atoms with Gasteiger partial charge in [-0.05, 0) is 12.8 Å². The SMILES string of the molecule is CC(C)C(=O)NC1CCCC1.[HH]. The summed E-state index contributed by atoms with van der Waals surface area (Å²) in [4.78, 5) is 11.2. The van der Waals surface area contributed by atoms with Crippen molar-refractivity contribution in [1.82, 2.24) is 5.32 Å². The first-order valence-electron chi connectivity index (χ1n) is 4.50. The van der Waals surface area contributed by atoms with Crippen molar-refractivity contribution in [1.29, 1.82) is 0 Å². The lowest BCUT2D eigenvalue weighted by Gasteiger charge is -2.13. The van der Waals surface area contributed by atoms with Gasteiger partial charge in [0.25, 0.3) is 0 Å². The molecule has 1 rings (SSSR count). The second-order valence-corrected chi connectivity index (χ2v) is 3.64. The van der Waals surface area contributed by atoms with E-state index in [0.29, 0.717) is 6.04 Å². The zero-order valence-electron chi connectivity index (χ0n) is 7.39. The van der Waals surface area contributed by atoms with Gasteiger partial charge in [0.1, 0.15) is 0 Å². The molecule has 0 bridgehead atoms. The number of hydrogen-bond donors (Lipinski definition) is 1. The van der Waals surface area contributed by atoms with Crippen molar-refractivity contribution in [3.63, 3.8) is 0 Å². The van der Waals surface area contributed by atoms with Gasteiger partial charge in [-0.1, -0.05) is 26.7 Å². The first-order valence-corrected chi connectivity index (χ1v) is 4.50. The predicted octanol–water partition coefficient (Wildman–Crippen LogP) is 1.95. The highest BCUT2D eigenvalue weighted by atomic mass is 16.1. The van der Waals surface area contributed by atoms with Gasteiger partial charge in [-0.25, -0.2) is 0 Å². The average Bonchev–Trinajstić information content (AvgIpc) is 2.39. The van der Waals surface area contributed by atoms with Crippen molar-refractivity contribution in [3.8, 4) is 0 Å². The van der Waals surface area contributed by atoms with E-state index in [4.69, 9.17) is 0 Å². The fraction of sp³-hybridized carbons (Fsp3) is 0.889. The number of carbonyl (C=O) groups is 1. The molecular weight excluding hydrogens is 138 g/mol. The van der Waals surface area contributed by atoms with E-state index >= 15 is 0 Å². The van der Waals surface area contributed by atoms with Crippen LogP contribution in [0.2, 0.25) is 0 Å². The van der Waals surface area contributed by atoms with Gasteiger partial charge in [0.15, 0.2) is 0 Å². The molecule has 0 aliphatic heterocycles. The number of nitrogens with one attached hydrogen (secondary N) is 1. The fourth-order valence-electron chi connectivity index (χ4n) is 1.44. The highest BCUT2D eigenvalue weighted by molar-refractivity contribution is 5.78. The number of rotatable bonds is 2. The second-order valence-electron chi connectivity index (χ2n) is 3.64. The van der Waals surface area contributed by atoms with Crippen molar-refractivity contribution in [3.05, 3.63) is 0 Å². The molecule has 66 valence electrons. The van der Waals surface area contributed by atoms with E-state index in [0.717, 1.165) is 0 Å². The Bertz CT molecular complexity index is 141. The van der Waals surface area contributed by atoms with E-state index in [9.17, 15) is 4.79 Å². The van der Waals surface area contributed by atoms with E-state index in [1.165, 1.54) is 25.7 Å². The third-order valence-electron chi connectivity index (χ3n) is 2.23. The van der Waals surface area contributed by atoms with Gasteiger partial charge in [-0.3, -0.25) is 4.79 Å². The summed E-state index contributed by atoms with van der Waals surface area (Å²) in [5, 5.41) is 3.04. The topological polar surface area (TPSA) is 29.1 Å². The predicted molar refractivity (Wildman–Crippen MR) is 47.4 cm³/mol. The Balaban J connectivity index is 0.00000121. The van der Waals surface area contributed by atoms with Gasteiger partial charge in [-0.15, -0.1) is 0 Å². The Labute approximate surface area is 69.8 Å². The first kappa shape index (κ1) is 8.57. The number of carbonyl (C=O) groups excluding carboxylic acids is 1. The molecule has 0 unspecified atom stereocenters. The van der Waals surface area contributed by atoms with Crippen LogP contribution in [0.1, 0.15) is 41.0 Å². The second kappa shape index (κ2) is 3.74. The molecule has 2 heteroatoms. The molecule has 11 heavy (non-hydrogen) atoms. The average molecular weight is 157 g/mol. The summed E-state index contributed by atoms with van der Waals surface area (Å²) in [5.74, 6) is 0.340. The minimum absolute atomic E-state index is 0. The highest BCUT2D eigenvalue weighted by Crippen LogP contribution is 2.17. The van der Waals surface area contributed by atoms with Crippen LogP contribution in [0.4, 0.5) is 0 Å². The molecule has 2 nitrogen and oxygen atoms in total. The Morgan fingerprint density at radius 1 is 1.45 bits per heavy atom. The van der Waals surface area contributed by atoms with Crippen molar-refractivity contribution < 1.29 is 6.22 Å². The van der Waals surface area contributed by atoms with Gasteiger partial charge in [0.2, 0.25) is 5.91 Å². The van der Waals surface area contributed by atoms with E-state index in [1.54, 1.807) is 0 Å². The summed E-state index contributed by atoms with van der Waals surface area (Å²) in [6.07, 6.45) is 4.92. The molecule has 1 saturated carbocycles. The van der Waals surface area contributed by atoms with Crippen LogP contribution in [0.25, 0.3) is 0 Å². The molecule has 0 radical (unpaired) electrons. The summed E-state index contributed by atoms with van der Waals surface area (Å²) in [5.41, 5.74) is 0. The standard InChI is InChI=1S/C9H17NO.H2/c1-7(2)9(11)10-8-5-3-4-6-8;/h7-8H,3-6H2,1-2H3,(H,10,11);1H. The zero-order valence-corrected chi connectivity index (χ0v) is 7.39. The molecule has 0 atom stereocenters. The minimum atomic E-state index is 0. The van der Waals surface area contributed by atoms with Crippen LogP contribution in [0.15, 0.2) is 0 Å². The summed E-state index contributed by atoms with van der Waals surface area (Å²) < 4.78 is 0. The third kappa shape index (κ3) is 2.52. The summed E-state index contributed by atoms with van der Waals surface area (Å²) >= 11 is 0. The van der Waals surface area contributed by atoms with E-state index < -0.39 is 0 Å². The summed E-state index contributed by atoms with van der Waals surface area (Å²) in [7, 11) is 0. The third-order valence-corrected chi connectivity index (χ3v) is 2.23. The van der Waals surface area contributed by atoms with Crippen LogP contribution < -0.4 is 5.32 Å². The van der Waals surface area contributed by atoms with Gasteiger partial charge >= 0.3 is 0 Å². The van der Waals surface area contributed by atoms with Crippen LogP contribution in [-0.2, 0) is 4.79 Å². The van der Waals surface area contributed by atoms with E-state index in [2.05, 4.69) is 5.32 Å². The maximum atomic E-state index is 11.2. The van der Waals surface area contributed by atoms with Crippen molar-refractivity contribution in [2.75, 3.05) is 0 Å². The normalized spacial score (nSPS) is 19.2. The molecule has 0 saturated heterocycles. The molecule has 0 spiro atoms. The van der Waals surface area contributed by atoms with Gasteiger partial charge in [-0.2, -0.15) is 0 Å². The lowest BCUT2D eigenvalue weighted by Crippen LogP contribution is -2.35. The van der Waals surface area contributed by atoms with Crippen LogP contribution in [0, 0.1) is 5.92 Å². The largest absolute Gasteiger partial charge is 0.353 e. The van der Waals surface area contributed by atoms with Gasteiger partial charge in [0, 0.05) is 13.4 Å². The zero-order chi connectivity index (χ0) is 8.27.